The number of carbonyl (C=O) groups is 2. The van der Waals surface area contributed by atoms with Crippen molar-refractivity contribution in [2.75, 3.05) is 28.4 Å². The Labute approximate surface area is 166 Å². The van der Waals surface area contributed by atoms with Gasteiger partial charge in [-0.25, -0.2) is 9.59 Å². The zero-order valence-electron chi connectivity index (χ0n) is 16.3. The Bertz CT molecular complexity index is 1110. The first-order valence-electron chi connectivity index (χ1n) is 8.53. The van der Waals surface area contributed by atoms with Gasteiger partial charge >= 0.3 is 11.9 Å². The van der Waals surface area contributed by atoms with Crippen LogP contribution in [0.25, 0.3) is 21.9 Å². The minimum absolute atomic E-state index is 0.00901. The maximum absolute atomic E-state index is 12.7. The lowest BCUT2D eigenvalue weighted by molar-refractivity contribution is -0.604. The van der Waals surface area contributed by atoms with Gasteiger partial charge in [0, 0.05) is 17.2 Å². The highest BCUT2D eigenvalue weighted by atomic mass is 16.5. The summed E-state index contributed by atoms with van der Waals surface area (Å²) in [7, 11) is 5.41. The predicted molar refractivity (Wildman–Crippen MR) is 104 cm³/mol. The van der Waals surface area contributed by atoms with Crippen molar-refractivity contribution in [3.8, 4) is 22.6 Å². The number of methoxy groups -OCH3 is 4. The van der Waals surface area contributed by atoms with Crippen LogP contribution in [0, 0.1) is 5.21 Å². The van der Waals surface area contributed by atoms with Gasteiger partial charge in [0.05, 0.1) is 39.6 Å². The van der Waals surface area contributed by atoms with Gasteiger partial charge in [0.15, 0.2) is 23.9 Å². The van der Waals surface area contributed by atoms with E-state index in [1.807, 2.05) is 0 Å². The summed E-state index contributed by atoms with van der Waals surface area (Å²) in [6.07, 6.45) is 2.62. The molecular formula is C21H19NO7. The van der Waals surface area contributed by atoms with Gasteiger partial charge in [-0.15, -0.1) is 0 Å². The highest BCUT2D eigenvalue weighted by Crippen LogP contribution is 2.40. The summed E-state index contributed by atoms with van der Waals surface area (Å²) < 4.78 is 21.1. The molecule has 3 aromatic rings. The molecule has 0 aliphatic rings. The Kier molecular flexibility index (Phi) is 5.54. The number of ether oxygens (including phenoxy) is 4. The minimum atomic E-state index is -0.738. The summed E-state index contributed by atoms with van der Waals surface area (Å²) in [6.45, 7) is 0. The van der Waals surface area contributed by atoms with Crippen molar-refractivity contribution in [2.45, 2.75) is 0 Å². The van der Waals surface area contributed by atoms with Gasteiger partial charge in [-0.05, 0) is 35.0 Å². The van der Waals surface area contributed by atoms with Gasteiger partial charge in [0.2, 0.25) is 0 Å². The van der Waals surface area contributed by atoms with Crippen LogP contribution in [-0.4, -0.2) is 40.4 Å². The van der Waals surface area contributed by atoms with Crippen LogP contribution >= 0.6 is 0 Å². The Hall–Kier alpha value is -3.81. The van der Waals surface area contributed by atoms with E-state index in [4.69, 9.17) is 18.9 Å². The standard InChI is InChI=1S/C21H19NO7/c1-26-16-9-13-8-15(20(23)28-3)19(21(24)29-4)18(14(13)10-17(16)27-2)12-6-5-7-22(25)11-12/h5-11H,1-4H3. The topological polar surface area (TPSA) is 98.0 Å². The van der Waals surface area contributed by atoms with E-state index in [-0.39, 0.29) is 11.1 Å². The second kappa shape index (κ2) is 8.05. The molecule has 1 heterocycles. The molecule has 0 spiro atoms. The van der Waals surface area contributed by atoms with Gasteiger partial charge in [-0.1, -0.05) is 0 Å². The number of carbonyl (C=O) groups excluding carboxylic acids is 2. The van der Waals surface area contributed by atoms with E-state index >= 15 is 0 Å². The number of benzene rings is 2. The molecule has 0 aliphatic heterocycles. The molecule has 0 bridgehead atoms. The zero-order chi connectivity index (χ0) is 21.1. The van der Waals surface area contributed by atoms with Crippen LogP contribution in [-0.2, 0) is 9.47 Å². The fourth-order valence-electron chi connectivity index (χ4n) is 3.22. The third-order valence-electron chi connectivity index (χ3n) is 4.50. The molecule has 29 heavy (non-hydrogen) atoms. The molecule has 1 aromatic heterocycles. The summed E-state index contributed by atoms with van der Waals surface area (Å²) in [5, 5.41) is 13.1. The van der Waals surface area contributed by atoms with Crippen molar-refractivity contribution >= 4 is 22.7 Å². The molecule has 2 aromatic carbocycles. The van der Waals surface area contributed by atoms with Crippen LogP contribution in [0.5, 0.6) is 11.5 Å². The lowest BCUT2D eigenvalue weighted by Gasteiger charge is -2.17. The maximum atomic E-state index is 12.7. The first-order chi connectivity index (χ1) is 13.9. The Morgan fingerprint density at radius 2 is 1.59 bits per heavy atom. The van der Waals surface area contributed by atoms with Crippen LogP contribution in [0.2, 0.25) is 0 Å². The minimum Gasteiger partial charge on any atom is -0.619 e. The number of hydrogen-bond acceptors (Lipinski definition) is 7. The van der Waals surface area contributed by atoms with E-state index in [1.165, 1.54) is 46.9 Å². The lowest BCUT2D eigenvalue weighted by atomic mass is 9.89. The van der Waals surface area contributed by atoms with E-state index < -0.39 is 11.9 Å². The molecule has 0 saturated carbocycles. The molecule has 0 fully saturated rings. The third-order valence-corrected chi connectivity index (χ3v) is 4.50. The van der Waals surface area contributed by atoms with E-state index in [1.54, 1.807) is 24.3 Å². The highest BCUT2D eigenvalue weighted by molar-refractivity contribution is 6.15. The molecule has 0 aliphatic carbocycles. The van der Waals surface area contributed by atoms with Crippen LogP contribution in [0.3, 0.4) is 0 Å². The fraction of sp³-hybridized carbons (Fsp3) is 0.190. The van der Waals surface area contributed by atoms with Crippen molar-refractivity contribution in [1.29, 1.82) is 0 Å². The van der Waals surface area contributed by atoms with Gasteiger partial charge in [-0.3, -0.25) is 0 Å². The van der Waals surface area contributed by atoms with Crippen LogP contribution in [0.4, 0.5) is 0 Å². The first-order valence-corrected chi connectivity index (χ1v) is 8.53. The molecule has 3 rings (SSSR count). The van der Waals surface area contributed by atoms with Gasteiger partial charge in [-0.2, -0.15) is 4.73 Å². The predicted octanol–water partition coefficient (Wildman–Crippen LogP) is 2.73. The second-order valence-electron chi connectivity index (χ2n) is 6.04. The number of esters is 2. The van der Waals surface area contributed by atoms with E-state index in [0.29, 0.717) is 38.1 Å². The summed E-state index contributed by atoms with van der Waals surface area (Å²) in [5.74, 6) is -0.582. The number of hydrogen-bond donors (Lipinski definition) is 0. The SMILES string of the molecule is COC(=O)c1cc2cc(OC)c(OC)cc2c(-c2ccc[n+]([O-])c2)c1C(=O)OC. The number of aromatic nitrogens is 1. The van der Waals surface area contributed by atoms with Crippen molar-refractivity contribution in [3.63, 3.8) is 0 Å². The van der Waals surface area contributed by atoms with Crippen LogP contribution in [0.15, 0.2) is 42.7 Å². The summed E-state index contributed by atoms with van der Waals surface area (Å²) in [4.78, 5) is 25.2. The normalized spacial score (nSPS) is 10.5. The van der Waals surface area contributed by atoms with Gasteiger partial charge in [0.25, 0.3) is 0 Å². The summed E-state index contributed by atoms with van der Waals surface area (Å²) in [5.41, 5.74) is 0.771. The second-order valence-corrected chi connectivity index (χ2v) is 6.04. The van der Waals surface area contributed by atoms with Crippen molar-refractivity contribution in [2.24, 2.45) is 0 Å². The highest BCUT2D eigenvalue weighted by Gasteiger charge is 2.27. The average Bonchev–Trinajstić information content (AvgIpc) is 2.75. The summed E-state index contributed by atoms with van der Waals surface area (Å²) >= 11 is 0. The monoisotopic (exact) mass is 397 g/mol. The third kappa shape index (κ3) is 3.52. The van der Waals surface area contributed by atoms with Gasteiger partial charge in [0.1, 0.15) is 0 Å². The van der Waals surface area contributed by atoms with Crippen molar-refractivity contribution in [3.05, 3.63) is 59.1 Å². The lowest BCUT2D eigenvalue weighted by Crippen LogP contribution is -2.24. The average molecular weight is 397 g/mol. The smallest absolute Gasteiger partial charge is 0.339 e. The van der Waals surface area contributed by atoms with Gasteiger partial charge < -0.3 is 24.2 Å². The molecule has 150 valence electrons. The zero-order valence-corrected chi connectivity index (χ0v) is 16.3. The van der Waals surface area contributed by atoms with Crippen LogP contribution < -0.4 is 14.2 Å². The van der Waals surface area contributed by atoms with E-state index in [2.05, 4.69) is 0 Å². The number of pyridine rings is 1. The fourth-order valence-corrected chi connectivity index (χ4v) is 3.22. The van der Waals surface area contributed by atoms with Crippen molar-refractivity contribution in [1.82, 2.24) is 0 Å². The molecule has 8 nitrogen and oxygen atoms in total. The molecule has 0 amide bonds. The maximum Gasteiger partial charge on any atom is 0.339 e. The largest absolute Gasteiger partial charge is 0.619 e. The quantitative estimate of drug-likeness (QED) is 0.371. The number of nitrogens with zero attached hydrogens (tertiary/aromatic N) is 1. The molecule has 0 unspecified atom stereocenters. The number of fused-ring (bicyclic) bond motifs is 1. The molecule has 0 radical (unpaired) electrons. The van der Waals surface area contributed by atoms with E-state index in [0.717, 1.165) is 0 Å². The summed E-state index contributed by atoms with van der Waals surface area (Å²) in [6, 6.07) is 8.08. The molecular weight excluding hydrogens is 378 g/mol. The Morgan fingerprint density at radius 3 is 2.17 bits per heavy atom. The molecule has 0 N–H and O–H groups in total. The molecule has 0 saturated heterocycles. The molecule has 0 atom stereocenters. The first kappa shape index (κ1) is 19.9. The van der Waals surface area contributed by atoms with Crippen LogP contribution in [0.1, 0.15) is 20.7 Å². The number of rotatable bonds is 5. The Morgan fingerprint density at radius 1 is 0.931 bits per heavy atom. The van der Waals surface area contributed by atoms with E-state index in [9.17, 15) is 14.8 Å². The van der Waals surface area contributed by atoms with Crippen molar-refractivity contribution < 1.29 is 33.3 Å². The molecule has 8 heteroatoms. The Balaban J connectivity index is 2.55.